The Morgan fingerprint density at radius 1 is 0.931 bits per heavy atom. The average molecular weight is 391 g/mol. The molecule has 6 nitrogen and oxygen atoms in total. The number of methoxy groups -OCH3 is 1. The maximum atomic E-state index is 13.6. The van der Waals surface area contributed by atoms with Gasteiger partial charge in [-0.15, -0.1) is 0 Å². The molecule has 0 aliphatic carbocycles. The molecule has 2 aromatic carbocycles. The van der Waals surface area contributed by atoms with Gasteiger partial charge in [-0.1, -0.05) is 24.3 Å². The molecule has 0 spiro atoms. The Hall–Kier alpha value is -3.74. The van der Waals surface area contributed by atoms with Crippen LogP contribution in [-0.2, 0) is 13.1 Å². The van der Waals surface area contributed by atoms with Crippen LogP contribution in [0.25, 0.3) is 11.0 Å². The first kappa shape index (κ1) is 18.6. The van der Waals surface area contributed by atoms with Gasteiger partial charge < -0.3 is 4.74 Å². The SMILES string of the molecule is COc1ccc(Cn2c(=O)c3cccnc3n(Cc3cccc(F)c3)c2=O)cc1. The maximum Gasteiger partial charge on any atom is 0.333 e. The third-order valence-electron chi connectivity index (χ3n) is 4.71. The molecule has 0 fully saturated rings. The highest BCUT2D eigenvalue weighted by Gasteiger charge is 2.15. The molecule has 0 saturated carbocycles. The first-order chi connectivity index (χ1) is 14.1. The Morgan fingerprint density at radius 3 is 2.41 bits per heavy atom. The van der Waals surface area contributed by atoms with Crippen molar-refractivity contribution in [2.75, 3.05) is 7.11 Å². The molecule has 0 unspecified atom stereocenters. The lowest BCUT2D eigenvalue weighted by molar-refractivity contribution is 0.414. The van der Waals surface area contributed by atoms with Crippen molar-refractivity contribution in [3.63, 3.8) is 0 Å². The molecule has 0 atom stereocenters. The summed E-state index contributed by atoms with van der Waals surface area (Å²) in [4.78, 5) is 30.4. The number of hydrogen-bond donors (Lipinski definition) is 0. The van der Waals surface area contributed by atoms with Crippen LogP contribution in [0.15, 0.2) is 76.4 Å². The van der Waals surface area contributed by atoms with Crippen molar-refractivity contribution in [1.82, 2.24) is 14.1 Å². The van der Waals surface area contributed by atoms with Crippen LogP contribution in [0.2, 0.25) is 0 Å². The zero-order valence-corrected chi connectivity index (χ0v) is 15.7. The van der Waals surface area contributed by atoms with Crippen LogP contribution in [0, 0.1) is 5.82 Å². The van der Waals surface area contributed by atoms with Gasteiger partial charge in [-0.25, -0.2) is 14.2 Å². The molecular formula is C22H18FN3O3. The van der Waals surface area contributed by atoms with Crippen LogP contribution in [0.1, 0.15) is 11.1 Å². The summed E-state index contributed by atoms with van der Waals surface area (Å²) in [6, 6.07) is 16.4. The van der Waals surface area contributed by atoms with E-state index in [2.05, 4.69) is 4.98 Å². The largest absolute Gasteiger partial charge is 0.497 e. The molecule has 0 aliphatic rings. The highest BCUT2D eigenvalue weighted by molar-refractivity contribution is 5.73. The second kappa shape index (κ2) is 7.71. The summed E-state index contributed by atoms with van der Waals surface area (Å²) in [7, 11) is 1.57. The number of hydrogen-bond acceptors (Lipinski definition) is 4. The highest BCUT2D eigenvalue weighted by atomic mass is 19.1. The zero-order valence-electron chi connectivity index (χ0n) is 15.7. The quantitative estimate of drug-likeness (QED) is 0.525. The normalized spacial score (nSPS) is 11.0. The summed E-state index contributed by atoms with van der Waals surface area (Å²) < 4.78 is 21.3. The number of benzene rings is 2. The molecule has 0 aliphatic heterocycles. The Labute approximate surface area is 165 Å². The lowest BCUT2D eigenvalue weighted by Crippen LogP contribution is -2.40. The average Bonchev–Trinajstić information content (AvgIpc) is 2.75. The van der Waals surface area contributed by atoms with Crippen molar-refractivity contribution in [2.24, 2.45) is 0 Å². The van der Waals surface area contributed by atoms with E-state index >= 15 is 0 Å². The van der Waals surface area contributed by atoms with E-state index in [1.165, 1.54) is 27.5 Å². The molecule has 0 radical (unpaired) electrons. The topological polar surface area (TPSA) is 66.1 Å². The van der Waals surface area contributed by atoms with E-state index in [9.17, 15) is 14.0 Å². The van der Waals surface area contributed by atoms with Crippen molar-refractivity contribution in [2.45, 2.75) is 13.1 Å². The van der Waals surface area contributed by atoms with Crippen LogP contribution in [0.5, 0.6) is 5.75 Å². The number of pyridine rings is 1. The van der Waals surface area contributed by atoms with Crippen LogP contribution < -0.4 is 16.0 Å². The van der Waals surface area contributed by atoms with Gasteiger partial charge in [0, 0.05) is 6.20 Å². The Kier molecular flexibility index (Phi) is 4.95. The predicted molar refractivity (Wildman–Crippen MR) is 108 cm³/mol. The minimum absolute atomic E-state index is 0.104. The standard InChI is InChI=1S/C22H18FN3O3/c1-29-18-9-7-15(8-10-18)13-26-21(27)19-6-3-11-24-20(19)25(22(26)28)14-16-4-2-5-17(23)12-16/h2-12H,13-14H2,1H3. The Bertz CT molecular complexity index is 1290. The van der Waals surface area contributed by atoms with Gasteiger partial charge in [-0.2, -0.15) is 0 Å². The Balaban J connectivity index is 1.86. The number of rotatable bonds is 5. The van der Waals surface area contributed by atoms with Gasteiger partial charge in [0.25, 0.3) is 5.56 Å². The van der Waals surface area contributed by atoms with Crippen molar-refractivity contribution in [1.29, 1.82) is 0 Å². The molecule has 0 amide bonds. The second-order valence-electron chi connectivity index (χ2n) is 6.61. The number of nitrogens with zero attached hydrogens (tertiary/aromatic N) is 3. The van der Waals surface area contributed by atoms with Gasteiger partial charge in [0.2, 0.25) is 0 Å². The summed E-state index contributed by atoms with van der Waals surface area (Å²) >= 11 is 0. The van der Waals surface area contributed by atoms with Crippen LogP contribution >= 0.6 is 0 Å². The summed E-state index contributed by atoms with van der Waals surface area (Å²) in [6.07, 6.45) is 1.52. The summed E-state index contributed by atoms with van der Waals surface area (Å²) in [5, 5.41) is 0.331. The van der Waals surface area contributed by atoms with E-state index in [4.69, 9.17) is 4.74 Å². The van der Waals surface area contributed by atoms with Gasteiger partial charge in [0.15, 0.2) is 0 Å². The fourth-order valence-electron chi connectivity index (χ4n) is 3.26. The van der Waals surface area contributed by atoms with Gasteiger partial charge in [-0.3, -0.25) is 13.9 Å². The third-order valence-corrected chi connectivity index (χ3v) is 4.71. The summed E-state index contributed by atoms with van der Waals surface area (Å²) in [5.74, 6) is 0.298. The van der Waals surface area contributed by atoms with Gasteiger partial charge in [-0.05, 0) is 47.5 Å². The van der Waals surface area contributed by atoms with Crippen LogP contribution in [0.4, 0.5) is 4.39 Å². The molecular weight excluding hydrogens is 373 g/mol. The van der Waals surface area contributed by atoms with E-state index in [1.807, 2.05) is 0 Å². The fraction of sp³-hybridized carbons (Fsp3) is 0.136. The molecule has 0 bridgehead atoms. The molecule has 0 N–H and O–H groups in total. The minimum Gasteiger partial charge on any atom is -0.497 e. The van der Waals surface area contributed by atoms with E-state index in [0.717, 1.165) is 5.56 Å². The Morgan fingerprint density at radius 2 is 1.69 bits per heavy atom. The smallest absolute Gasteiger partial charge is 0.333 e. The number of aromatic nitrogens is 3. The molecule has 2 aromatic heterocycles. The van der Waals surface area contributed by atoms with E-state index < -0.39 is 11.2 Å². The van der Waals surface area contributed by atoms with Crippen molar-refractivity contribution >= 4 is 11.0 Å². The van der Waals surface area contributed by atoms with Gasteiger partial charge in [0.1, 0.15) is 17.2 Å². The van der Waals surface area contributed by atoms with Crippen molar-refractivity contribution in [3.05, 3.63) is 105 Å². The zero-order chi connectivity index (χ0) is 20.4. The third kappa shape index (κ3) is 3.67. The molecule has 146 valence electrons. The highest BCUT2D eigenvalue weighted by Crippen LogP contribution is 2.13. The van der Waals surface area contributed by atoms with Crippen LogP contribution in [-0.4, -0.2) is 21.2 Å². The monoisotopic (exact) mass is 391 g/mol. The summed E-state index contributed by atoms with van der Waals surface area (Å²) in [6.45, 7) is 0.211. The fourth-order valence-corrected chi connectivity index (χ4v) is 3.26. The van der Waals surface area contributed by atoms with Crippen molar-refractivity contribution < 1.29 is 9.13 Å². The second-order valence-corrected chi connectivity index (χ2v) is 6.61. The molecule has 7 heteroatoms. The first-order valence-electron chi connectivity index (χ1n) is 9.02. The number of ether oxygens (including phenoxy) is 1. The molecule has 0 saturated heterocycles. The minimum atomic E-state index is -0.499. The lowest BCUT2D eigenvalue weighted by Gasteiger charge is -2.14. The molecule has 29 heavy (non-hydrogen) atoms. The molecule has 4 rings (SSSR count). The first-order valence-corrected chi connectivity index (χ1v) is 9.02. The summed E-state index contributed by atoms with van der Waals surface area (Å²) in [5.41, 5.74) is 0.752. The number of halogens is 1. The van der Waals surface area contributed by atoms with Crippen molar-refractivity contribution in [3.8, 4) is 5.75 Å². The molecule has 2 heterocycles. The van der Waals surface area contributed by atoms with Crippen LogP contribution in [0.3, 0.4) is 0 Å². The van der Waals surface area contributed by atoms with E-state index in [1.54, 1.807) is 55.6 Å². The van der Waals surface area contributed by atoms with E-state index in [0.29, 0.717) is 16.7 Å². The number of fused-ring (bicyclic) bond motifs is 1. The van der Waals surface area contributed by atoms with E-state index in [-0.39, 0.29) is 24.6 Å². The maximum absolute atomic E-state index is 13.6. The predicted octanol–water partition coefficient (Wildman–Crippen LogP) is 2.80. The lowest BCUT2D eigenvalue weighted by atomic mass is 10.2. The van der Waals surface area contributed by atoms with Gasteiger partial charge >= 0.3 is 5.69 Å². The molecule has 4 aromatic rings. The van der Waals surface area contributed by atoms with Gasteiger partial charge in [0.05, 0.1) is 25.6 Å².